The highest BCUT2D eigenvalue weighted by atomic mass is 16.1. The molecule has 2 aromatic rings. The summed E-state index contributed by atoms with van der Waals surface area (Å²) >= 11 is 0. The third kappa shape index (κ3) is 4.16. The fourth-order valence-corrected chi connectivity index (χ4v) is 2.24. The molecule has 2 rings (SSSR count). The first-order valence-electron chi connectivity index (χ1n) is 7.62. The minimum absolute atomic E-state index is 0.260. The Morgan fingerprint density at radius 2 is 2.04 bits per heavy atom. The molecule has 0 saturated heterocycles. The molecule has 5 heteroatoms. The fourth-order valence-electron chi connectivity index (χ4n) is 2.24. The molecule has 5 nitrogen and oxygen atoms in total. The predicted octanol–water partition coefficient (Wildman–Crippen LogP) is 3.76. The number of hydrogen-bond acceptors (Lipinski definition) is 4. The zero-order valence-electron chi connectivity index (χ0n) is 13.8. The SMILES string of the molecule is C=CCNc1ccc(C(=O)Nc2c(C)cccc2C(C)C)nn1. The van der Waals surface area contributed by atoms with Gasteiger partial charge in [-0.3, -0.25) is 4.79 Å². The average Bonchev–Trinajstić information content (AvgIpc) is 2.55. The van der Waals surface area contributed by atoms with Crippen molar-refractivity contribution in [3.8, 4) is 0 Å². The summed E-state index contributed by atoms with van der Waals surface area (Å²) < 4.78 is 0. The second-order valence-electron chi connectivity index (χ2n) is 5.62. The van der Waals surface area contributed by atoms with Crippen LogP contribution in [0.3, 0.4) is 0 Å². The van der Waals surface area contributed by atoms with Crippen LogP contribution >= 0.6 is 0 Å². The van der Waals surface area contributed by atoms with Gasteiger partial charge in [0.25, 0.3) is 5.91 Å². The molecule has 0 bridgehead atoms. The van der Waals surface area contributed by atoms with E-state index in [4.69, 9.17) is 0 Å². The molecule has 1 aromatic carbocycles. The maximum Gasteiger partial charge on any atom is 0.276 e. The lowest BCUT2D eigenvalue weighted by Gasteiger charge is -2.16. The van der Waals surface area contributed by atoms with Gasteiger partial charge in [0.2, 0.25) is 0 Å². The third-order valence-corrected chi connectivity index (χ3v) is 3.49. The smallest absolute Gasteiger partial charge is 0.276 e. The summed E-state index contributed by atoms with van der Waals surface area (Å²) in [7, 11) is 0. The molecule has 0 radical (unpaired) electrons. The van der Waals surface area contributed by atoms with E-state index >= 15 is 0 Å². The number of carbonyl (C=O) groups is 1. The number of nitrogens with zero attached hydrogens (tertiary/aromatic N) is 2. The summed E-state index contributed by atoms with van der Waals surface area (Å²) in [4.78, 5) is 12.4. The Morgan fingerprint density at radius 3 is 2.65 bits per heavy atom. The van der Waals surface area contributed by atoms with E-state index in [1.165, 1.54) is 0 Å². The lowest BCUT2D eigenvalue weighted by molar-refractivity contribution is 0.102. The third-order valence-electron chi connectivity index (χ3n) is 3.49. The molecular formula is C18H22N4O. The van der Waals surface area contributed by atoms with Crippen LogP contribution < -0.4 is 10.6 Å². The second kappa shape index (κ2) is 7.54. The number of aromatic nitrogens is 2. The van der Waals surface area contributed by atoms with Gasteiger partial charge in [-0.15, -0.1) is 16.8 Å². The van der Waals surface area contributed by atoms with Crippen molar-refractivity contribution in [1.29, 1.82) is 0 Å². The van der Waals surface area contributed by atoms with E-state index in [-0.39, 0.29) is 11.6 Å². The van der Waals surface area contributed by atoms with Crippen molar-refractivity contribution in [3.63, 3.8) is 0 Å². The number of nitrogens with one attached hydrogen (secondary N) is 2. The first kappa shape index (κ1) is 16.7. The first-order valence-corrected chi connectivity index (χ1v) is 7.62. The molecule has 0 unspecified atom stereocenters. The van der Waals surface area contributed by atoms with E-state index in [0.29, 0.717) is 18.3 Å². The van der Waals surface area contributed by atoms with Crippen molar-refractivity contribution in [1.82, 2.24) is 10.2 Å². The number of para-hydroxylation sites is 1. The van der Waals surface area contributed by atoms with Crippen LogP contribution in [0, 0.1) is 6.92 Å². The van der Waals surface area contributed by atoms with Gasteiger partial charge in [-0.25, -0.2) is 0 Å². The van der Waals surface area contributed by atoms with E-state index in [9.17, 15) is 4.79 Å². The summed E-state index contributed by atoms with van der Waals surface area (Å²) in [6.07, 6.45) is 1.73. The summed E-state index contributed by atoms with van der Waals surface area (Å²) in [5.74, 6) is 0.672. The van der Waals surface area contributed by atoms with Crippen molar-refractivity contribution in [2.45, 2.75) is 26.7 Å². The van der Waals surface area contributed by atoms with Crippen molar-refractivity contribution < 1.29 is 4.79 Å². The highest BCUT2D eigenvalue weighted by Gasteiger charge is 2.14. The summed E-state index contributed by atoms with van der Waals surface area (Å²) in [6, 6.07) is 9.39. The molecular weight excluding hydrogens is 288 g/mol. The minimum atomic E-state index is -0.260. The maximum atomic E-state index is 12.4. The van der Waals surface area contributed by atoms with Crippen LogP contribution in [0.15, 0.2) is 43.0 Å². The fraction of sp³-hybridized carbons (Fsp3) is 0.278. The van der Waals surface area contributed by atoms with Crippen LogP contribution in [0.1, 0.15) is 41.4 Å². The predicted molar refractivity (Wildman–Crippen MR) is 93.9 cm³/mol. The normalized spacial score (nSPS) is 10.4. The largest absolute Gasteiger partial charge is 0.365 e. The zero-order valence-corrected chi connectivity index (χ0v) is 13.8. The molecule has 0 atom stereocenters. The number of carbonyl (C=O) groups excluding carboxylic acids is 1. The highest BCUT2D eigenvalue weighted by Crippen LogP contribution is 2.27. The number of aryl methyl sites for hydroxylation is 1. The van der Waals surface area contributed by atoms with Gasteiger partial charge in [0.15, 0.2) is 5.69 Å². The van der Waals surface area contributed by atoms with E-state index in [1.54, 1.807) is 18.2 Å². The van der Waals surface area contributed by atoms with Crippen molar-refractivity contribution in [2.75, 3.05) is 17.2 Å². The van der Waals surface area contributed by atoms with E-state index in [0.717, 1.165) is 16.8 Å². The van der Waals surface area contributed by atoms with Gasteiger partial charge in [0.1, 0.15) is 5.82 Å². The lowest BCUT2D eigenvalue weighted by Crippen LogP contribution is -2.17. The molecule has 120 valence electrons. The summed E-state index contributed by atoms with van der Waals surface area (Å²) in [5.41, 5.74) is 3.27. The van der Waals surface area contributed by atoms with E-state index < -0.39 is 0 Å². The minimum Gasteiger partial charge on any atom is -0.365 e. The molecule has 0 fully saturated rings. The van der Waals surface area contributed by atoms with Gasteiger partial charge in [-0.2, -0.15) is 0 Å². The Morgan fingerprint density at radius 1 is 1.26 bits per heavy atom. The monoisotopic (exact) mass is 310 g/mol. The molecule has 1 aromatic heterocycles. The summed E-state index contributed by atoms with van der Waals surface area (Å²) in [5, 5.41) is 13.9. The Balaban J connectivity index is 2.18. The van der Waals surface area contributed by atoms with Crippen LogP contribution in [0.25, 0.3) is 0 Å². The Hall–Kier alpha value is -2.69. The van der Waals surface area contributed by atoms with Crippen LogP contribution in [0.5, 0.6) is 0 Å². The summed E-state index contributed by atoms with van der Waals surface area (Å²) in [6.45, 7) is 10.4. The number of rotatable bonds is 6. The zero-order chi connectivity index (χ0) is 16.8. The van der Waals surface area contributed by atoms with Crippen LogP contribution in [0.2, 0.25) is 0 Å². The van der Waals surface area contributed by atoms with Gasteiger partial charge in [0, 0.05) is 12.2 Å². The Labute approximate surface area is 136 Å². The van der Waals surface area contributed by atoms with Gasteiger partial charge in [-0.05, 0) is 36.1 Å². The Kier molecular flexibility index (Phi) is 5.46. The second-order valence-corrected chi connectivity index (χ2v) is 5.62. The molecule has 0 spiro atoms. The number of anilines is 2. The van der Waals surface area contributed by atoms with Gasteiger partial charge in [0.05, 0.1) is 0 Å². The molecule has 0 aliphatic carbocycles. The standard InChI is InChI=1S/C18H22N4O/c1-5-11-19-16-10-9-15(21-22-16)18(23)20-17-13(4)7-6-8-14(17)12(2)3/h5-10,12H,1,11H2,2-4H3,(H,19,22)(H,20,23). The average molecular weight is 310 g/mol. The molecule has 1 amide bonds. The number of benzene rings is 1. The van der Waals surface area contributed by atoms with Gasteiger partial charge in [-0.1, -0.05) is 38.1 Å². The van der Waals surface area contributed by atoms with Crippen LogP contribution in [-0.2, 0) is 0 Å². The highest BCUT2D eigenvalue weighted by molar-refractivity contribution is 6.03. The number of hydrogen-bond donors (Lipinski definition) is 2. The first-order chi connectivity index (χ1) is 11.0. The van der Waals surface area contributed by atoms with E-state index in [1.807, 2.05) is 25.1 Å². The molecule has 0 aliphatic rings. The van der Waals surface area contributed by atoms with Crippen molar-refractivity contribution >= 4 is 17.4 Å². The van der Waals surface area contributed by atoms with Gasteiger partial charge >= 0.3 is 0 Å². The Bertz CT molecular complexity index is 693. The van der Waals surface area contributed by atoms with Crippen LogP contribution in [-0.4, -0.2) is 22.6 Å². The van der Waals surface area contributed by atoms with Crippen LogP contribution in [0.4, 0.5) is 11.5 Å². The maximum absolute atomic E-state index is 12.4. The molecule has 23 heavy (non-hydrogen) atoms. The van der Waals surface area contributed by atoms with E-state index in [2.05, 4.69) is 41.3 Å². The van der Waals surface area contributed by atoms with Crippen molar-refractivity contribution in [2.24, 2.45) is 0 Å². The molecule has 0 aliphatic heterocycles. The van der Waals surface area contributed by atoms with Crippen molar-refractivity contribution in [3.05, 3.63) is 59.8 Å². The quantitative estimate of drug-likeness (QED) is 0.797. The molecule has 2 N–H and O–H groups in total. The molecule has 0 saturated carbocycles. The molecule has 1 heterocycles. The van der Waals surface area contributed by atoms with Gasteiger partial charge < -0.3 is 10.6 Å². The number of amides is 1. The lowest BCUT2D eigenvalue weighted by atomic mass is 9.98. The topological polar surface area (TPSA) is 66.9 Å².